The Kier molecular flexibility index (Phi) is 2.72. The molecule has 1 aliphatic carbocycles. The number of fused-ring (bicyclic) bond motifs is 1. The Morgan fingerprint density at radius 3 is 2.73 bits per heavy atom. The number of hydrogen-bond donors (Lipinski definition) is 1. The van der Waals surface area contributed by atoms with E-state index in [0.717, 1.165) is 15.9 Å². The molecule has 0 amide bonds. The van der Waals surface area contributed by atoms with Crippen LogP contribution in [0.1, 0.15) is 32.1 Å². The van der Waals surface area contributed by atoms with E-state index in [0.29, 0.717) is 0 Å². The maximum Gasteiger partial charge on any atom is 0.0266 e. The van der Waals surface area contributed by atoms with Crippen LogP contribution in [0.2, 0.25) is 0 Å². The van der Waals surface area contributed by atoms with E-state index >= 15 is 0 Å². The first-order chi connectivity index (χ1) is 5.38. The van der Waals surface area contributed by atoms with Gasteiger partial charge in [0.15, 0.2) is 0 Å². The minimum absolute atomic E-state index is 0.859. The Bertz CT molecular complexity index is 136. The van der Waals surface area contributed by atoms with E-state index in [1.807, 2.05) is 0 Å². The molecule has 2 fully saturated rings. The molecule has 3 atom stereocenters. The van der Waals surface area contributed by atoms with Crippen LogP contribution in [0.4, 0.5) is 0 Å². The molecule has 1 N–H and O–H groups in total. The zero-order valence-corrected chi connectivity index (χ0v) is 9.01. The highest BCUT2D eigenvalue weighted by Crippen LogP contribution is 2.34. The lowest BCUT2D eigenvalue weighted by atomic mass is 9.79. The average Bonchev–Trinajstić information content (AvgIpc) is 2.06. The van der Waals surface area contributed by atoms with Crippen molar-refractivity contribution in [1.82, 2.24) is 5.32 Å². The summed E-state index contributed by atoms with van der Waals surface area (Å²) < 4.78 is 0.909. The summed E-state index contributed by atoms with van der Waals surface area (Å²) in [5.41, 5.74) is 0. The predicted molar refractivity (Wildman–Crippen MR) is 56.2 cm³/mol. The molecule has 0 bridgehead atoms. The smallest absolute Gasteiger partial charge is 0.0266 e. The van der Waals surface area contributed by atoms with E-state index in [1.54, 1.807) is 0 Å². The third-order valence-corrected chi connectivity index (χ3v) is 4.48. The van der Waals surface area contributed by atoms with Crippen molar-refractivity contribution in [3.05, 3.63) is 0 Å². The van der Waals surface area contributed by atoms with Gasteiger partial charge in [-0.25, -0.2) is 0 Å². The molecule has 2 heteroatoms. The number of nitrogens with one attached hydrogen (secondary N) is 1. The quantitative estimate of drug-likeness (QED) is 0.523. The van der Waals surface area contributed by atoms with E-state index in [1.165, 1.54) is 38.6 Å². The van der Waals surface area contributed by atoms with Crippen LogP contribution in [-0.4, -0.2) is 16.5 Å². The van der Waals surface area contributed by atoms with E-state index in [-0.39, 0.29) is 0 Å². The fourth-order valence-corrected chi connectivity index (χ4v) is 3.76. The van der Waals surface area contributed by atoms with Gasteiger partial charge >= 0.3 is 0 Å². The maximum atomic E-state index is 3.66. The monoisotopic (exact) mass is 265 g/mol. The van der Waals surface area contributed by atoms with Gasteiger partial charge in [-0.2, -0.15) is 0 Å². The molecular formula is C9H16IN. The normalized spacial score (nSPS) is 45.0. The van der Waals surface area contributed by atoms with Crippen LogP contribution >= 0.6 is 22.6 Å². The molecule has 0 aromatic heterocycles. The van der Waals surface area contributed by atoms with Crippen molar-refractivity contribution in [2.45, 2.75) is 42.1 Å². The number of alkyl halides is 1. The summed E-state index contributed by atoms with van der Waals surface area (Å²) in [6, 6.07) is 0.859. The topological polar surface area (TPSA) is 12.0 Å². The van der Waals surface area contributed by atoms with Gasteiger partial charge in [-0.3, -0.25) is 0 Å². The van der Waals surface area contributed by atoms with E-state index in [2.05, 4.69) is 27.9 Å². The Morgan fingerprint density at radius 2 is 1.91 bits per heavy atom. The molecule has 1 saturated carbocycles. The van der Waals surface area contributed by atoms with Crippen LogP contribution in [0.5, 0.6) is 0 Å². The van der Waals surface area contributed by atoms with Crippen LogP contribution in [0.15, 0.2) is 0 Å². The second-order valence-electron chi connectivity index (χ2n) is 3.83. The minimum atomic E-state index is 0.859. The molecule has 2 rings (SSSR count). The van der Waals surface area contributed by atoms with Crippen LogP contribution in [-0.2, 0) is 0 Å². The van der Waals surface area contributed by atoms with Crippen LogP contribution in [0.3, 0.4) is 0 Å². The van der Waals surface area contributed by atoms with E-state index in [4.69, 9.17) is 0 Å². The van der Waals surface area contributed by atoms with Crippen molar-refractivity contribution in [2.75, 3.05) is 6.54 Å². The largest absolute Gasteiger partial charge is 0.313 e. The van der Waals surface area contributed by atoms with Gasteiger partial charge in [0.05, 0.1) is 0 Å². The van der Waals surface area contributed by atoms with Crippen LogP contribution in [0.25, 0.3) is 0 Å². The first-order valence-corrected chi connectivity index (χ1v) is 6.00. The Hall–Kier alpha value is 0.690. The van der Waals surface area contributed by atoms with Crippen LogP contribution < -0.4 is 5.32 Å². The number of halogens is 1. The number of hydrogen-bond acceptors (Lipinski definition) is 1. The lowest BCUT2D eigenvalue weighted by Gasteiger charge is -2.39. The minimum Gasteiger partial charge on any atom is -0.313 e. The van der Waals surface area contributed by atoms with Crippen molar-refractivity contribution < 1.29 is 0 Å². The fraction of sp³-hybridized carbons (Fsp3) is 1.00. The first kappa shape index (κ1) is 8.30. The van der Waals surface area contributed by atoms with Crippen LogP contribution in [0, 0.1) is 5.92 Å². The second-order valence-corrected chi connectivity index (χ2v) is 5.43. The molecule has 0 aromatic rings. The molecule has 1 nitrogen and oxygen atoms in total. The summed E-state index contributed by atoms with van der Waals surface area (Å²) in [5.74, 6) is 1.01. The molecule has 2 aliphatic rings. The summed E-state index contributed by atoms with van der Waals surface area (Å²) in [5, 5.41) is 3.66. The Morgan fingerprint density at radius 1 is 1.09 bits per heavy atom. The van der Waals surface area contributed by atoms with Gasteiger partial charge in [0.2, 0.25) is 0 Å². The van der Waals surface area contributed by atoms with Crippen molar-refractivity contribution in [2.24, 2.45) is 5.92 Å². The molecular weight excluding hydrogens is 249 g/mol. The molecule has 11 heavy (non-hydrogen) atoms. The van der Waals surface area contributed by atoms with Gasteiger partial charge in [-0.1, -0.05) is 29.0 Å². The van der Waals surface area contributed by atoms with Gasteiger partial charge in [-0.05, 0) is 38.1 Å². The standard InChI is InChI=1S/C9H16IN/c10-8-5-1-3-7-4-2-6-11-9(7)8/h7-9,11H,1-6H2. The molecule has 0 radical (unpaired) electrons. The van der Waals surface area contributed by atoms with Crippen molar-refractivity contribution in [3.8, 4) is 0 Å². The molecule has 3 unspecified atom stereocenters. The summed E-state index contributed by atoms with van der Waals surface area (Å²) in [4.78, 5) is 0. The fourth-order valence-electron chi connectivity index (χ4n) is 2.48. The number of piperidine rings is 1. The molecule has 1 saturated heterocycles. The highest BCUT2D eigenvalue weighted by Gasteiger charge is 2.32. The highest BCUT2D eigenvalue weighted by atomic mass is 127. The van der Waals surface area contributed by atoms with Crippen molar-refractivity contribution in [3.63, 3.8) is 0 Å². The van der Waals surface area contributed by atoms with Gasteiger partial charge in [-0.15, -0.1) is 0 Å². The number of rotatable bonds is 0. The lowest BCUT2D eigenvalue weighted by molar-refractivity contribution is 0.224. The third kappa shape index (κ3) is 1.72. The lowest BCUT2D eigenvalue weighted by Crippen LogP contribution is -2.48. The molecule has 64 valence electrons. The predicted octanol–water partition coefficient (Wildman–Crippen LogP) is 2.34. The summed E-state index contributed by atoms with van der Waals surface area (Å²) in [6.45, 7) is 1.26. The summed E-state index contributed by atoms with van der Waals surface area (Å²) in [7, 11) is 0. The van der Waals surface area contributed by atoms with Gasteiger partial charge in [0.1, 0.15) is 0 Å². The summed E-state index contributed by atoms with van der Waals surface area (Å²) in [6.07, 6.45) is 7.28. The average molecular weight is 265 g/mol. The Balaban J connectivity index is 1.99. The van der Waals surface area contributed by atoms with Crippen molar-refractivity contribution in [1.29, 1.82) is 0 Å². The molecule has 0 spiro atoms. The van der Waals surface area contributed by atoms with Gasteiger partial charge < -0.3 is 5.32 Å². The highest BCUT2D eigenvalue weighted by molar-refractivity contribution is 14.1. The van der Waals surface area contributed by atoms with Gasteiger partial charge in [0.25, 0.3) is 0 Å². The Labute approximate surface area is 82.5 Å². The zero-order valence-electron chi connectivity index (χ0n) is 6.85. The zero-order chi connectivity index (χ0) is 7.68. The molecule has 0 aromatic carbocycles. The molecule has 1 aliphatic heterocycles. The molecule has 1 heterocycles. The first-order valence-electron chi connectivity index (χ1n) is 4.75. The van der Waals surface area contributed by atoms with E-state index < -0.39 is 0 Å². The van der Waals surface area contributed by atoms with Gasteiger partial charge in [0, 0.05) is 9.97 Å². The SMILES string of the molecule is IC1CCCC2CCCNC12. The maximum absolute atomic E-state index is 3.66. The van der Waals surface area contributed by atoms with Crippen molar-refractivity contribution >= 4 is 22.6 Å². The third-order valence-electron chi connectivity index (χ3n) is 3.08. The summed E-state index contributed by atoms with van der Waals surface area (Å²) >= 11 is 2.63. The van der Waals surface area contributed by atoms with E-state index in [9.17, 15) is 0 Å². The second kappa shape index (κ2) is 3.60.